The van der Waals surface area contributed by atoms with Crippen molar-refractivity contribution < 1.29 is 4.79 Å². The van der Waals surface area contributed by atoms with Crippen LogP contribution in [-0.2, 0) is 4.79 Å². The van der Waals surface area contributed by atoms with E-state index in [0.717, 1.165) is 6.42 Å². The van der Waals surface area contributed by atoms with Crippen LogP contribution in [0.2, 0.25) is 0 Å². The monoisotopic (exact) mass is 396 g/mol. The second-order valence-electron chi connectivity index (χ2n) is 5.55. The van der Waals surface area contributed by atoms with Crippen LogP contribution < -0.4 is 16.4 Å². The molecule has 1 fully saturated rings. The van der Waals surface area contributed by atoms with Crippen LogP contribution >= 0.6 is 24.0 Å². The van der Waals surface area contributed by atoms with Crippen molar-refractivity contribution in [2.75, 3.05) is 13.1 Å². The summed E-state index contributed by atoms with van der Waals surface area (Å²) in [5.74, 6) is 0.681. The maximum atomic E-state index is 11.3. The van der Waals surface area contributed by atoms with E-state index in [1.54, 1.807) is 0 Å². The third kappa shape index (κ3) is 8.60. The molecule has 20 heavy (non-hydrogen) atoms. The van der Waals surface area contributed by atoms with Crippen LogP contribution in [0.4, 0.5) is 0 Å². The summed E-state index contributed by atoms with van der Waals surface area (Å²) in [7, 11) is 0. The molecule has 0 spiro atoms. The summed E-state index contributed by atoms with van der Waals surface area (Å²) >= 11 is 0. The van der Waals surface area contributed by atoms with Crippen molar-refractivity contribution in [3.05, 3.63) is 0 Å². The average molecular weight is 396 g/mol. The molecule has 5 nitrogen and oxygen atoms in total. The molecule has 1 amide bonds. The molecule has 0 aliphatic heterocycles. The molecule has 4 N–H and O–H groups in total. The Morgan fingerprint density at radius 2 is 1.95 bits per heavy atom. The van der Waals surface area contributed by atoms with Crippen molar-refractivity contribution in [2.24, 2.45) is 16.6 Å². The molecule has 0 atom stereocenters. The second kappa shape index (κ2) is 11.2. The smallest absolute Gasteiger partial charge is 0.222 e. The minimum absolute atomic E-state index is 0. The van der Waals surface area contributed by atoms with Gasteiger partial charge in [0.15, 0.2) is 5.96 Å². The molecule has 0 unspecified atom stereocenters. The molecule has 0 heterocycles. The number of amides is 1. The van der Waals surface area contributed by atoms with Gasteiger partial charge in [-0.1, -0.05) is 33.1 Å². The maximum Gasteiger partial charge on any atom is 0.222 e. The van der Waals surface area contributed by atoms with Crippen molar-refractivity contribution in [1.82, 2.24) is 10.6 Å². The van der Waals surface area contributed by atoms with Gasteiger partial charge in [0.05, 0.1) is 0 Å². The van der Waals surface area contributed by atoms with Crippen LogP contribution in [0, 0.1) is 5.92 Å². The van der Waals surface area contributed by atoms with E-state index in [2.05, 4.69) is 15.6 Å². The Kier molecular flexibility index (Phi) is 10.9. The third-order valence-corrected chi connectivity index (χ3v) is 3.40. The Morgan fingerprint density at radius 1 is 1.30 bits per heavy atom. The lowest BCUT2D eigenvalue weighted by Crippen LogP contribution is -2.41. The van der Waals surface area contributed by atoms with Gasteiger partial charge in [-0.15, -0.1) is 24.0 Å². The minimum Gasteiger partial charge on any atom is -0.370 e. The molecule has 0 aromatic carbocycles. The van der Waals surface area contributed by atoms with Crippen molar-refractivity contribution >= 4 is 35.8 Å². The van der Waals surface area contributed by atoms with Gasteiger partial charge in [0.2, 0.25) is 5.91 Å². The molecule has 1 aliphatic carbocycles. The van der Waals surface area contributed by atoms with Crippen LogP contribution in [0.1, 0.15) is 52.4 Å². The van der Waals surface area contributed by atoms with E-state index in [9.17, 15) is 4.79 Å². The van der Waals surface area contributed by atoms with E-state index in [-0.39, 0.29) is 35.8 Å². The maximum absolute atomic E-state index is 11.3. The molecule has 1 saturated carbocycles. The number of rotatable bonds is 6. The van der Waals surface area contributed by atoms with Crippen molar-refractivity contribution in [3.8, 4) is 0 Å². The van der Waals surface area contributed by atoms with E-state index in [1.807, 2.05) is 13.8 Å². The van der Waals surface area contributed by atoms with Gasteiger partial charge in [-0.25, -0.2) is 0 Å². The van der Waals surface area contributed by atoms with E-state index in [0.29, 0.717) is 25.1 Å². The van der Waals surface area contributed by atoms with Crippen molar-refractivity contribution in [2.45, 2.75) is 58.4 Å². The lowest BCUT2D eigenvalue weighted by atomic mass is 9.96. The molecular weight excluding hydrogens is 367 g/mol. The van der Waals surface area contributed by atoms with Crippen LogP contribution in [0.25, 0.3) is 0 Å². The van der Waals surface area contributed by atoms with Gasteiger partial charge >= 0.3 is 0 Å². The number of aliphatic imine (C=N–C) groups is 1. The number of carbonyl (C=O) groups excluding carboxylic acids is 1. The average Bonchev–Trinajstić information content (AvgIpc) is 2.39. The molecule has 0 aromatic heterocycles. The zero-order chi connectivity index (χ0) is 14.1. The van der Waals surface area contributed by atoms with Crippen LogP contribution in [-0.4, -0.2) is 31.0 Å². The number of hydrogen-bond donors (Lipinski definition) is 3. The highest BCUT2D eigenvalue weighted by Crippen LogP contribution is 2.16. The first-order chi connectivity index (χ1) is 9.09. The predicted molar refractivity (Wildman–Crippen MR) is 94.4 cm³/mol. The summed E-state index contributed by atoms with van der Waals surface area (Å²) < 4.78 is 0. The molecule has 0 aromatic rings. The molecule has 0 saturated heterocycles. The summed E-state index contributed by atoms with van der Waals surface area (Å²) in [6, 6.07) is 0.498. The largest absolute Gasteiger partial charge is 0.370 e. The van der Waals surface area contributed by atoms with Gasteiger partial charge in [0, 0.05) is 25.0 Å². The standard InChI is InChI=1S/C14H28N4O.HI/c1-11(2)13(19)16-9-6-10-17-14(15)18-12-7-4-3-5-8-12;/h11-12H,3-10H2,1-2H3,(H,16,19)(H3,15,17,18);1H. The van der Waals surface area contributed by atoms with E-state index >= 15 is 0 Å². The van der Waals surface area contributed by atoms with Gasteiger partial charge in [-0.05, 0) is 19.3 Å². The first-order valence-electron chi connectivity index (χ1n) is 7.43. The molecule has 1 rings (SSSR count). The van der Waals surface area contributed by atoms with Crippen molar-refractivity contribution in [3.63, 3.8) is 0 Å². The highest BCUT2D eigenvalue weighted by molar-refractivity contribution is 14.0. The Morgan fingerprint density at radius 3 is 2.55 bits per heavy atom. The molecular formula is C14H29IN4O. The first kappa shape index (κ1) is 19.5. The van der Waals surface area contributed by atoms with Crippen LogP contribution in [0.5, 0.6) is 0 Å². The van der Waals surface area contributed by atoms with Gasteiger partial charge in [-0.3, -0.25) is 9.79 Å². The van der Waals surface area contributed by atoms with Crippen LogP contribution in [0.3, 0.4) is 0 Å². The highest BCUT2D eigenvalue weighted by atomic mass is 127. The highest BCUT2D eigenvalue weighted by Gasteiger charge is 2.13. The molecule has 118 valence electrons. The number of nitrogens with one attached hydrogen (secondary N) is 2. The normalized spacial score (nSPS) is 16.6. The zero-order valence-corrected chi connectivity index (χ0v) is 15.0. The van der Waals surface area contributed by atoms with E-state index in [1.165, 1.54) is 32.1 Å². The number of halogens is 1. The third-order valence-electron chi connectivity index (χ3n) is 3.40. The summed E-state index contributed by atoms with van der Waals surface area (Å²) in [6.45, 7) is 5.10. The zero-order valence-electron chi connectivity index (χ0n) is 12.7. The Bertz CT molecular complexity index is 302. The van der Waals surface area contributed by atoms with Crippen LogP contribution in [0.15, 0.2) is 4.99 Å². The fourth-order valence-electron chi connectivity index (χ4n) is 2.20. The Hall–Kier alpha value is -0.530. The van der Waals surface area contributed by atoms with E-state index < -0.39 is 0 Å². The molecule has 0 radical (unpaired) electrons. The second-order valence-corrected chi connectivity index (χ2v) is 5.55. The van der Waals surface area contributed by atoms with Gasteiger partial charge < -0.3 is 16.4 Å². The summed E-state index contributed by atoms with van der Waals surface area (Å²) in [6.07, 6.45) is 7.12. The van der Waals surface area contributed by atoms with E-state index in [4.69, 9.17) is 5.73 Å². The number of nitrogens with two attached hydrogens (primary N) is 1. The fraction of sp³-hybridized carbons (Fsp3) is 0.857. The molecule has 1 aliphatic rings. The Labute approximate surface area is 139 Å². The minimum atomic E-state index is 0. The quantitative estimate of drug-likeness (QED) is 0.278. The SMILES string of the molecule is CC(C)C(=O)NCCCN=C(N)NC1CCCCC1.I. The lowest BCUT2D eigenvalue weighted by molar-refractivity contribution is -0.123. The molecule has 6 heteroatoms. The number of hydrogen-bond acceptors (Lipinski definition) is 2. The number of nitrogens with zero attached hydrogens (tertiary/aromatic N) is 1. The lowest BCUT2D eigenvalue weighted by Gasteiger charge is -2.23. The summed E-state index contributed by atoms with van der Waals surface area (Å²) in [5.41, 5.74) is 5.85. The first-order valence-corrected chi connectivity index (χ1v) is 7.43. The van der Waals surface area contributed by atoms with Gasteiger partial charge in [-0.2, -0.15) is 0 Å². The van der Waals surface area contributed by atoms with Gasteiger partial charge in [0.25, 0.3) is 0 Å². The fourth-order valence-corrected chi connectivity index (χ4v) is 2.20. The topological polar surface area (TPSA) is 79.5 Å². The predicted octanol–water partition coefficient (Wildman–Crippen LogP) is 2.00. The van der Waals surface area contributed by atoms with Crippen molar-refractivity contribution in [1.29, 1.82) is 0 Å². The number of guanidine groups is 1. The van der Waals surface area contributed by atoms with Gasteiger partial charge in [0.1, 0.15) is 0 Å². The summed E-state index contributed by atoms with van der Waals surface area (Å²) in [4.78, 5) is 15.6. The summed E-state index contributed by atoms with van der Waals surface area (Å²) in [5, 5.41) is 6.14. The molecule has 0 bridgehead atoms. The Balaban J connectivity index is 0.00000361. The number of carbonyl (C=O) groups is 1.